The molecular weight excluding hydrogens is 304 g/mol. The molecule has 0 radical (unpaired) electrons. The quantitative estimate of drug-likeness (QED) is 0.868. The normalized spacial score (nSPS) is 25.2. The SMILES string of the molecule is Cc1nc(Cl)sc1S(=O)(=O)NC1CCCCCC1C. The largest absolute Gasteiger partial charge is 0.252 e. The van der Waals surface area contributed by atoms with Gasteiger partial charge in [0.1, 0.15) is 0 Å². The molecule has 108 valence electrons. The van der Waals surface area contributed by atoms with Crippen molar-refractivity contribution in [3.05, 3.63) is 10.2 Å². The second-order valence-corrected chi connectivity index (χ2v) is 8.67. The summed E-state index contributed by atoms with van der Waals surface area (Å²) in [5.74, 6) is 0.376. The van der Waals surface area contributed by atoms with Crippen molar-refractivity contribution in [3.8, 4) is 0 Å². The Labute approximate surface area is 123 Å². The van der Waals surface area contributed by atoms with Gasteiger partial charge in [-0.25, -0.2) is 18.1 Å². The highest BCUT2D eigenvalue weighted by atomic mass is 35.5. The second-order valence-electron chi connectivity index (χ2n) is 5.18. The molecule has 0 aromatic carbocycles. The highest BCUT2D eigenvalue weighted by Gasteiger charge is 2.28. The van der Waals surface area contributed by atoms with E-state index in [-0.39, 0.29) is 14.7 Å². The average molecular weight is 323 g/mol. The van der Waals surface area contributed by atoms with Crippen LogP contribution < -0.4 is 4.72 Å². The predicted molar refractivity (Wildman–Crippen MR) is 78.2 cm³/mol. The Bertz CT molecular complexity index is 542. The number of hydrogen-bond acceptors (Lipinski definition) is 4. The average Bonchev–Trinajstić information content (AvgIpc) is 2.54. The zero-order valence-electron chi connectivity index (χ0n) is 11.1. The number of rotatable bonds is 3. The summed E-state index contributed by atoms with van der Waals surface area (Å²) < 4.78 is 28.1. The highest BCUT2D eigenvalue weighted by molar-refractivity contribution is 7.91. The number of halogens is 1. The van der Waals surface area contributed by atoms with Crippen LogP contribution in [-0.4, -0.2) is 19.4 Å². The summed E-state index contributed by atoms with van der Waals surface area (Å²) in [6.07, 6.45) is 5.44. The van der Waals surface area contributed by atoms with Gasteiger partial charge in [-0.1, -0.05) is 49.1 Å². The maximum Gasteiger partial charge on any atom is 0.252 e. The Kier molecular flexibility index (Phi) is 4.87. The highest BCUT2D eigenvalue weighted by Crippen LogP contribution is 2.29. The first-order valence-electron chi connectivity index (χ1n) is 6.55. The number of aromatic nitrogens is 1. The Balaban J connectivity index is 2.18. The van der Waals surface area contributed by atoms with Crippen molar-refractivity contribution < 1.29 is 8.42 Å². The van der Waals surface area contributed by atoms with E-state index in [0.29, 0.717) is 11.6 Å². The van der Waals surface area contributed by atoms with Crippen LogP contribution in [0, 0.1) is 12.8 Å². The van der Waals surface area contributed by atoms with Crippen LogP contribution in [0.25, 0.3) is 0 Å². The Morgan fingerprint density at radius 1 is 1.32 bits per heavy atom. The lowest BCUT2D eigenvalue weighted by atomic mass is 9.98. The molecule has 4 nitrogen and oxygen atoms in total. The number of nitrogens with one attached hydrogen (secondary N) is 1. The molecule has 0 bridgehead atoms. The maximum absolute atomic E-state index is 12.4. The molecule has 2 atom stereocenters. The van der Waals surface area contributed by atoms with Crippen molar-refractivity contribution in [2.45, 2.75) is 56.2 Å². The molecule has 19 heavy (non-hydrogen) atoms. The molecule has 1 saturated carbocycles. The molecule has 1 aromatic heterocycles. The lowest BCUT2D eigenvalue weighted by molar-refractivity contribution is 0.399. The molecular formula is C12H19ClN2O2S2. The molecule has 1 aliphatic rings. The van der Waals surface area contributed by atoms with Crippen LogP contribution in [0.4, 0.5) is 0 Å². The van der Waals surface area contributed by atoms with Crippen LogP contribution in [0.15, 0.2) is 4.21 Å². The van der Waals surface area contributed by atoms with Crippen molar-refractivity contribution in [1.82, 2.24) is 9.71 Å². The summed E-state index contributed by atoms with van der Waals surface area (Å²) in [7, 11) is -3.50. The molecule has 1 heterocycles. The minimum absolute atomic E-state index is 0.0211. The van der Waals surface area contributed by atoms with E-state index < -0.39 is 10.0 Å². The van der Waals surface area contributed by atoms with Crippen LogP contribution in [0.3, 0.4) is 0 Å². The molecule has 0 spiro atoms. The minimum atomic E-state index is -3.50. The Hall–Kier alpha value is -0.170. The zero-order chi connectivity index (χ0) is 14.0. The molecule has 1 fully saturated rings. The molecule has 1 aliphatic carbocycles. The van der Waals surface area contributed by atoms with Gasteiger partial charge in [-0.3, -0.25) is 0 Å². The van der Waals surface area contributed by atoms with Crippen molar-refractivity contribution in [1.29, 1.82) is 0 Å². The molecule has 2 unspecified atom stereocenters. The minimum Gasteiger partial charge on any atom is -0.229 e. The summed E-state index contributed by atoms with van der Waals surface area (Å²) in [6.45, 7) is 3.79. The van der Waals surface area contributed by atoms with Crippen LogP contribution in [0.1, 0.15) is 44.7 Å². The van der Waals surface area contributed by atoms with Gasteiger partial charge in [0.25, 0.3) is 10.0 Å². The fraction of sp³-hybridized carbons (Fsp3) is 0.750. The van der Waals surface area contributed by atoms with Crippen LogP contribution in [-0.2, 0) is 10.0 Å². The first-order valence-corrected chi connectivity index (χ1v) is 9.23. The summed E-state index contributed by atoms with van der Waals surface area (Å²) in [6, 6.07) is 0.0211. The Morgan fingerprint density at radius 2 is 2.00 bits per heavy atom. The first-order chi connectivity index (χ1) is 8.90. The fourth-order valence-electron chi connectivity index (χ4n) is 2.52. The van der Waals surface area contributed by atoms with Gasteiger partial charge in [0.05, 0.1) is 5.69 Å². The van der Waals surface area contributed by atoms with E-state index in [2.05, 4.69) is 16.6 Å². The molecule has 0 saturated heterocycles. The summed E-state index contributed by atoms with van der Waals surface area (Å²) in [4.78, 5) is 3.97. The van der Waals surface area contributed by atoms with E-state index in [1.165, 1.54) is 12.8 Å². The van der Waals surface area contributed by atoms with Gasteiger partial charge in [0.15, 0.2) is 8.68 Å². The van der Waals surface area contributed by atoms with Gasteiger partial charge < -0.3 is 0 Å². The zero-order valence-corrected chi connectivity index (χ0v) is 13.5. The summed E-state index contributed by atoms with van der Waals surface area (Å²) >= 11 is 6.80. The van der Waals surface area contributed by atoms with E-state index in [1.54, 1.807) is 6.92 Å². The number of aryl methyl sites for hydroxylation is 1. The topological polar surface area (TPSA) is 59.1 Å². The van der Waals surface area contributed by atoms with Crippen molar-refractivity contribution >= 4 is 33.0 Å². The molecule has 1 N–H and O–H groups in total. The van der Waals surface area contributed by atoms with Gasteiger partial charge in [0, 0.05) is 6.04 Å². The van der Waals surface area contributed by atoms with E-state index in [0.717, 1.165) is 30.6 Å². The predicted octanol–water partition coefficient (Wildman–Crippen LogP) is 3.35. The third kappa shape index (κ3) is 3.68. The number of hydrogen-bond donors (Lipinski definition) is 1. The molecule has 0 aliphatic heterocycles. The van der Waals surface area contributed by atoms with Gasteiger partial charge in [-0.2, -0.15) is 0 Å². The third-order valence-electron chi connectivity index (χ3n) is 3.64. The molecule has 2 rings (SSSR count). The third-order valence-corrected chi connectivity index (χ3v) is 7.00. The van der Waals surface area contributed by atoms with E-state index >= 15 is 0 Å². The summed E-state index contributed by atoms with van der Waals surface area (Å²) in [5.41, 5.74) is 0.476. The van der Waals surface area contributed by atoms with Crippen LogP contribution in [0.2, 0.25) is 4.47 Å². The Morgan fingerprint density at radius 3 is 2.63 bits per heavy atom. The molecule has 7 heteroatoms. The number of sulfonamides is 1. The second kappa shape index (κ2) is 6.08. The van der Waals surface area contributed by atoms with E-state index in [4.69, 9.17) is 11.6 Å². The maximum atomic E-state index is 12.4. The fourth-order valence-corrected chi connectivity index (χ4v) is 5.66. The standard InChI is InChI=1S/C12H19ClN2O2S2/c1-8-6-4-3-5-7-10(8)15-19(16,17)11-9(2)14-12(13)18-11/h8,10,15H,3-7H2,1-2H3. The van der Waals surface area contributed by atoms with E-state index in [1.807, 2.05) is 0 Å². The number of nitrogens with zero attached hydrogens (tertiary/aromatic N) is 1. The van der Waals surface area contributed by atoms with Crippen molar-refractivity contribution in [2.75, 3.05) is 0 Å². The lowest BCUT2D eigenvalue weighted by Gasteiger charge is -2.22. The van der Waals surface area contributed by atoms with Crippen LogP contribution in [0.5, 0.6) is 0 Å². The van der Waals surface area contributed by atoms with Gasteiger partial charge in [-0.15, -0.1) is 0 Å². The van der Waals surface area contributed by atoms with Crippen molar-refractivity contribution in [3.63, 3.8) is 0 Å². The smallest absolute Gasteiger partial charge is 0.229 e. The van der Waals surface area contributed by atoms with Gasteiger partial charge in [-0.05, 0) is 25.7 Å². The van der Waals surface area contributed by atoms with Crippen molar-refractivity contribution in [2.24, 2.45) is 5.92 Å². The number of thiazole rings is 1. The molecule has 1 aromatic rings. The first kappa shape index (κ1) is 15.2. The monoisotopic (exact) mass is 322 g/mol. The lowest BCUT2D eigenvalue weighted by Crippen LogP contribution is -2.38. The van der Waals surface area contributed by atoms with Gasteiger partial charge >= 0.3 is 0 Å². The van der Waals surface area contributed by atoms with Crippen LogP contribution >= 0.6 is 22.9 Å². The molecule has 0 amide bonds. The van der Waals surface area contributed by atoms with Gasteiger partial charge in [0.2, 0.25) is 0 Å². The summed E-state index contributed by atoms with van der Waals surface area (Å²) in [5, 5.41) is 0. The van der Waals surface area contributed by atoms with E-state index in [9.17, 15) is 8.42 Å².